The highest BCUT2D eigenvalue weighted by Crippen LogP contribution is 2.41. The third-order valence-corrected chi connectivity index (χ3v) is 12.9. The fourth-order valence-electron chi connectivity index (χ4n) is 4.54. The van der Waals surface area contributed by atoms with E-state index in [1.165, 1.54) is 11.8 Å². The van der Waals surface area contributed by atoms with Gasteiger partial charge in [-0.2, -0.15) is 0 Å². The van der Waals surface area contributed by atoms with E-state index in [2.05, 4.69) is 68.3 Å². The Hall–Kier alpha value is -2.36. The van der Waals surface area contributed by atoms with Crippen molar-refractivity contribution in [3.05, 3.63) is 48.2 Å². The van der Waals surface area contributed by atoms with Gasteiger partial charge in [0.05, 0.1) is 5.39 Å². The lowest BCUT2D eigenvalue weighted by molar-refractivity contribution is 0.838. The Morgan fingerprint density at radius 3 is 2.16 bits per heavy atom. The van der Waals surface area contributed by atoms with Crippen molar-refractivity contribution in [2.24, 2.45) is 0 Å². The molecule has 0 atom stereocenters. The molecule has 0 unspecified atom stereocenters. The zero-order valence-electron chi connectivity index (χ0n) is 19.5. The first kappa shape index (κ1) is 23.3. The average Bonchev–Trinajstić information content (AvgIpc) is 2.73. The van der Waals surface area contributed by atoms with Crippen LogP contribution in [0.1, 0.15) is 47.1 Å². The third-order valence-electron chi connectivity index (χ3n) is 6.05. The first-order valence-electron chi connectivity index (χ1n) is 10.8. The molecule has 0 aliphatic heterocycles. The van der Waals surface area contributed by atoms with Gasteiger partial charge in [-0.3, -0.25) is 0 Å². The largest absolute Gasteiger partial charge is 0.340 e. The first-order valence-corrected chi connectivity index (χ1v) is 14.3. The Kier molecular flexibility index (Phi) is 7.40. The predicted molar refractivity (Wildman–Crippen MR) is 137 cm³/mol. The van der Waals surface area contributed by atoms with Gasteiger partial charge in [0.2, 0.25) is 0 Å². The molecule has 0 amide bonds. The van der Waals surface area contributed by atoms with E-state index in [1.54, 1.807) is 0 Å². The number of nitrogens with one attached hydrogen (secondary N) is 1. The molecular weight excluding hydrogens is 416 g/mol. The molecule has 6 heteroatoms. The minimum Gasteiger partial charge on any atom is -0.340 e. The monoisotopic (exact) mass is 448 g/mol. The summed E-state index contributed by atoms with van der Waals surface area (Å²) in [6.07, 6.45) is 3.84. The lowest BCUT2D eigenvalue weighted by Gasteiger charge is -2.38. The number of fused-ring (bicyclic) bond motifs is 1. The molecular formula is C25H32N4SSi. The zero-order chi connectivity index (χ0) is 22.6. The van der Waals surface area contributed by atoms with Gasteiger partial charge in [-0.15, -0.1) is 5.54 Å². The number of thioether (sulfide) groups is 1. The maximum absolute atomic E-state index is 4.76. The van der Waals surface area contributed by atoms with Crippen LogP contribution in [0.25, 0.3) is 11.0 Å². The number of nitrogens with zero attached hydrogens (tertiary/aromatic N) is 3. The molecule has 0 spiro atoms. The number of aromatic nitrogens is 3. The van der Waals surface area contributed by atoms with E-state index in [0.717, 1.165) is 22.5 Å². The van der Waals surface area contributed by atoms with Crippen molar-refractivity contribution in [1.29, 1.82) is 0 Å². The van der Waals surface area contributed by atoms with Gasteiger partial charge in [0.1, 0.15) is 13.9 Å². The molecule has 31 heavy (non-hydrogen) atoms. The Morgan fingerprint density at radius 2 is 1.58 bits per heavy atom. The van der Waals surface area contributed by atoms with E-state index in [4.69, 9.17) is 4.98 Å². The van der Waals surface area contributed by atoms with Crippen LogP contribution in [0.4, 0.5) is 11.5 Å². The van der Waals surface area contributed by atoms with Gasteiger partial charge in [-0.1, -0.05) is 77.4 Å². The Balaban J connectivity index is 2.18. The predicted octanol–water partition coefficient (Wildman–Crippen LogP) is 7.06. The van der Waals surface area contributed by atoms with Crippen molar-refractivity contribution < 1.29 is 0 Å². The van der Waals surface area contributed by atoms with Crippen LogP contribution in [0.15, 0.2) is 47.8 Å². The van der Waals surface area contributed by atoms with Crippen molar-refractivity contribution in [2.75, 3.05) is 11.6 Å². The van der Waals surface area contributed by atoms with Gasteiger partial charge in [-0.25, -0.2) is 15.0 Å². The standard InChI is InChI=1S/C25H32N4SSi/c1-17(2)31(18(3)4,19(5)6)14-13-20-15-23(27-21-11-9-8-10-12-21)28-24-22(20)16-26-25(29-24)30-7/h8-12,15-19H,1-7H3,(H,26,27,28,29). The Labute approximate surface area is 191 Å². The molecule has 1 aromatic carbocycles. The number of hydrogen-bond donors (Lipinski definition) is 1. The van der Waals surface area contributed by atoms with E-state index in [9.17, 15) is 0 Å². The van der Waals surface area contributed by atoms with Gasteiger partial charge in [0, 0.05) is 17.4 Å². The molecule has 0 fully saturated rings. The maximum Gasteiger partial charge on any atom is 0.189 e. The molecule has 3 rings (SSSR count). The van der Waals surface area contributed by atoms with Crippen LogP contribution < -0.4 is 5.32 Å². The smallest absolute Gasteiger partial charge is 0.189 e. The maximum atomic E-state index is 4.76. The van der Waals surface area contributed by atoms with Crippen molar-refractivity contribution in [3.63, 3.8) is 0 Å². The average molecular weight is 449 g/mol. The molecule has 0 bridgehead atoms. The van der Waals surface area contributed by atoms with Crippen LogP contribution in [0.3, 0.4) is 0 Å². The zero-order valence-corrected chi connectivity index (χ0v) is 21.3. The van der Waals surface area contributed by atoms with Crippen LogP contribution in [-0.4, -0.2) is 29.3 Å². The van der Waals surface area contributed by atoms with Gasteiger partial charge in [0.25, 0.3) is 0 Å². The molecule has 2 aromatic heterocycles. The molecule has 0 saturated heterocycles. The van der Waals surface area contributed by atoms with Crippen LogP contribution >= 0.6 is 11.8 Å². The highest BCUT2D eigenvalue weighted by Gasteiger charge is 2.41. The van der Waals surface area contributed by atoms with E-state index >= 15 is 0 Å². The van der Waals surface area contributed by atoms with Gasteiger partial charge < -0.3 is 5.32 Å². The van der Waals surface area contributed by atoms with E-state index in [0.29, 0.717) is 27.4 Å². The first-order chi connectivity index (χ1) is 14.8. The quantitative estimate of drug-likeness (QED) is 0.189. The fourth-order valence-corrected chi connectivity index (χ4v) is 10.1. The van der Waals surface area contributed by atoms with Crippen LogP contribution in [0, 0.1) is 11.5 Å². The van der Waals surface area contributed by atoms with E-state index in [-0.39, 0.29) is 0 Å². The second kappa shape index (κ2) is 9.84. The minimum absolute atomic E-state index is 0.578. The number of anilines is 2. The second-order valence-corrected chi connectivity index (χ2v) is 15.1. The van der Waals surface area contributed by atoms with Gasteiger partial charge >= 0.3 is 0 Å². The van der Waals surface area contributed by atoms with Crippen LogP contribution in [0.5, 0.6) is 0 Å². The van der Waals surface area contributed by atoms with Crippen molar-refractivity contribution >= 4 is 42.4 Å². The lowest BCUT2D eigenvalue weighted by Crippen LogP contribution is -2.43. The Bertz CT molecular complexity index is 1080. The van der Waals surface area contributed by atoms with Crippen molar-refractivity contribution in [2.45, 2.75) is 63.3 Å². The summed E-state index contributed by atoms with van der Waals surface area (Å²) in [6.45, 7) is 14.0. The molecule has 162 valence electrons. The van der Waals surface area contributed by atoms with Gasteiger partial charge in [0.15, 0.2) is 10.8 Å². The number of para-hydroxylation sites is 1. The summed E-state index contributed by atoms with van der Waals surface area (Å²) in [5, 5.41) is 5.02. The third kappa shape index (κ3) is 4.94. The SMILES string of the molecule is CSc1ncc2c(C#C[Si](C(C)C)(C(C)C)C(C)C)cc(Nc3ccccc3)nc2n1. The van der Waals surface area contributed by atoms with E-state index < -0.39 is 8.07 Å². The molecule has 0 aliphatic carbocycles. The number of rotatable bonds is 6. The summed E-state index contributed by atoms with van der Waals surface area (Å²) in [5.41, 5.74) is 8.17. The van der Waals surface area contributed by atoms with Crippen LogP contribution in [-0.2, 0) is 0 Å². The normalized spacial score (nSPS) is 11.8. The van der Waals surface area contributed by atoms with E-state index in [1.807, 2.05) is 48.9 Å². The van der Waals surface area contributed by atoms with Crippen molar-refractivity contribution in [3.8, 4) is 11.5 Å². The summed E-state index contributed by atoms with van der Waals surface area (Å²) in [4.78, 5) is 13.9. The van der Waals surface area contributed by atoms with Gasteiger partial charge in [-0.05, 0) is 41.1 Å². The lowest BCUT2D eigenvalue weighted by atomic mass is 10.2. The topological polar surface area (TPSA) is 50.7 Å². The molecule has 0 aliphatic rings. The summed E-state index contributed by atoms with van der Waals surface area (Å²) < 4.78 is 0. The number of benzene rings is 1. The van der Waals surface area contributed by atoms with Crippen LogP contribution in [0.2, 0.25) is 16.6 Å². The summed E-state index contributed by atoms with van der Waals surface area (Å²) >= 11 is 1.52. The number of pyridine rings is 1. The summed E-state index contributed by atoms with van der Waals surface area (Å²) in [6, 6.07) is 12.1. The summed E-state index contributed by atoms with van der Waals surface area (Å²) in [7, 11) is -1.85. The fraction of sp³-hybridized carbons (Fsp3) is 0.400. The minimum atomic E-state index is -1.85. The van der Waals surface area contributed by atoms with Crippen molar-refractivity contribution in [1.82, 2.24) is 15.0 Å². The summed E-state index contributed by atoms with van der Waals surface area (Å²) in [5.74, 6) is 4.33. The molecule has 4 nitrogen and oxygen atoms in total. The molecule has 2 heterocycles. The highest BCUT2D eigenvalue weighted by molar-refractivity contribution is 7.98. The second-order valence-electron chi connectivity index (χ2n) is 8.79. The molecule has 3 aromatic rings. The highest BCUT2D eigenvalue weighted by atomic mass is 32.2. The molecule has 0 saturated carbocycles. The molecule has 0 radical (unpaired) electrons. The molecule has 1 N–H and O–H groups in total. The number of hydrogen-bond acceptors (Lipinski definition) is 5. The Morgan fingerprint density at radius 1 is 0.935 bits per heavy atom.